The molecule has 25 heavy (non-hydrogen) atoms. The van der Waals surface area contributed by atoms with Crippen molar-refractivity contribution in [2.45, 2.75) is 13.3 Å². The van der Waals surface area contributed by atoms with Crippen LogP contribution in [0, 0.1) is 6.92 Å². The first kappa shape index (κ1) is 19.1. The van der Waals surface area contributed by atoms with E-state index in [1.165, 1.54) is 31.4 Å². The van der Waals surface area contributed by atoms with Crippen LogP contribution in [0.5, 0.6) is 11.5 Å². The zero-order valence-electron chi connectivity index (χ0n) is 13.2. The van der Waals surface area contributed by atoms with Gasteiger partial charge in [0.1, 0.15) is 11.5 Å². The molecule has 2 N–H and O–H groups in total. The molecule has 0 saturated carbocycles. The van der Waals surface area contributed by atoms with Crippen LogP contribution in [0.2, 0.25) is 5.02 Å². The molecular weight excluding hydrogens is 377 g/mol. The second kappa shape index (κ2) is 7.79. The Morgan fingerprint density at radius 1 is 1.12 bits per heavy atom. The molecule has 0 heterocycles. The largest absolute Gasteiger partial charge is 0.573 e. The Hall–Kier alpha value is -2.19. The van der Waals surface area contributed by atoms with Gasteiger partial charge in [0.15, 0.2) is 5.11 Å². The summed E-state index contributed by atoms with van der Waals surface area (Å²) in [5.41, 5.74) is 1.94. The number of alkyl halides is 3. The summed E-state index contributed by atoms with van der Waals surface area (Å²) in [6.07, 6.45) is -4.73. The van der Waals surface area contributed by atoms with Gasteiger partial charge in [-0.3, -0.25) is 0 Å². The monoisotopic (exact) mass is 390 g/mol. The number of thiocarbonyl (C=S) groups is 1. The van der Waals surface area contributed by atoms with Gasteiger partial charge in [0, 0.05) is 16.8 Å². The third-order valence-electron chi connectivity index (χ3n) is 3.07. The van der Waals surface area contributed by atoms with Gasteiger partial charge in [-0.05, 0) is 55.0 Å². The summed E-state index contributed by atoms with van der Waals surface area (Å²) in [6, 6.07) is 8.64. The van der Waals surface area contributed by atoms with Gasteiger partial charge < -0.3 is 20.1 Å². The molecule has 0 atom stereocenters. The summed E-state index contributed by atoms with van der Waals surface area (Å²) in [5, 5.41) is 6.61. The van der Waals surface area contributed by atoms with Crippen molar-refractivity contribution >= 4 is 40.3 Å². The topological polar surface area (TPSA) is 42.5 Å². The number of halogens is 4. The maximum absolute atomic E-state index is 12.1. The Morgan fingerprint density at radius 3 is 2.32 bits per heavy atom. The van der Waals surface area contributed by atoms with Gasteiger partial charge in [0.25, 0.3) is 0 Å². The number of rotatable bonds is 4. The molecule has 0 aliphatic rings. The number of methoxy groups -OCH3 is 1. The Balaban J connectivity index is 2.04. The first-order chi connectivity index (χ1) is 11.7. The molecule has 0 radical (unpaired) electrons. The Morgan fingerprint density at radius 2 is 1.76 bits per heavy atom. The van der Waals surface area contributed by atoms with E-state index in [1.807, 2.05) is 6.92 Å². The van der Waals surface area contributed by atoms with E-state index in [1.54, 1.807) is 12.1 Å². The van der Waals surface area contributed by atoms with E-state index in [4.69, 9.17) is 28.6 Å². The van der Waals surface area contributed by atoms with E-state index in [0.29, 0.717) is 22.1 Å². The molecular formula is C16H14ClF3N2O2S. The van der Waals surface area contributed by atoms with Crippen LogP contribution in [0.1, 0.15) is 5.56 Å². The summed E-state index contributed by atoms with van der Waals surface area (Å²) >= 11 is 11.2. The molecule has 2 aromatic carbocycles. The molecule has 0 aromatic heterocycles. The minimum Gasteiger partial charge on any atom is -0.495 e. The summed E-state index contributed by atoms with van der Waals surface area (Å²) in [7, 11) is 1.50. The molecule has 0 unspecified atom stereocenters. The van der Waals surface area contributed by atoms with Crippen LogP contribution in [0.3, 0.4) is 0 Å². The fourth-order valence-electron chi connectivity index (χ4n) is 1.95. The normalized spacial score (nSPS) is 11.0. The highest BCUT2D eigenvalue weighted by molar-refractivity contribution is 7.80. The number of hydrogen-bond donors (Lipinski definition) is 2. The first-order valence-corrected chi connectivity index (χ1v) is 7.74. The lowest BCUT2D eigenvalue weighted by molar-refractivity contribution is -0.274. The van der Waals surface area contributed by atoms with E-state index in [9.17, 15) is 13.2 Å². The number of nitrogens with one attached hydrogen (secondary N) is 2. The number of benzene rings is 2. The number of aryl methyl sites for hydroxylation is 1. The zero-order valence-corrected chi connectivity index (χ0v) is 14.8. The number of hydrogen-bond acceptors (Lipinski definition) is 3. The standard InChI is InChI=1S/C16H14ClF3N2O2S/c1-9-7-13(14(23-2)8-12(9)17)22-15(25)21-10-3-5-11(6-4-10)24-16(18,19)20/h3-8H,1-2H3,(H2,21,22,25). The zero-order chi connectivity index (χ0) is 18.6. The molecule has 0 fully saturated rings. The number of anilines is 2. The van der Waals surface area contributed by atoms with E-state index in [-0.39, 0.29) is 10.9 Å². The second-order valence-corrected chi connectivity index (χ2v) is 5.77. The van der Waals surface area contributed by atoms with Crippen LogP contribution < -0.4 is 20.1 Å². The Bertz CT molecular complexity index is 767. The molecule has 0 amide bonds. The van der Waals surface area contributed by atoms with Gasteiger partial charge in [0.2, 0.25) is 0 Å². The van der Waals surface area contributed by atoms with E-state index >= 15 is 0 Å². The first-order valence-electron chi connectivity index (χ1n) is 6.96. The maximum Gasteiger partial charge on any atom is 0.573 e. The van der Waals surface area contributed by atoms with Crippen molar-refractivity contribution in [2.75, 3.05) is 17.7 Å². The molecule has 0 aliphatic heterocycles. The highest BCUT2D eigenvalue weighted by Crippen LogP contribution is 2.31. The van der Waals surface area contributed by atoms with Gasteiger partial charge >= 0.3 is 6.36 Å². The molecule has 2 rings (SSSR count). The van der Waals surface area contributed by atoms with Crippen molar-refractivity contribution in [2.24, 2.45) is 0 Å². The molecule has 0 bridgehead atoms. The molecule has 9 heteroatoms. The predicted molar refractivity (Wildman–Crippen MR) is 95.7 cm³/mol. The highest BCUT2D eigenvalue weighted by Gasteiger charge is 2.30. The lowest BCUT2D eigenvalue weighted by Crippen LogP contribution is -2.20. The Kier molecular flexibility index (Phi) is 5.97. The molecule has 0 aliphatic carbocycles. The van der Waals surface area contributed by atoms with Crippen molar-refractivity contribution in [3.05, 3.63) is 47.0 Å². The van der Waals surface area contributed by atoms with E-state index in [2.05, 4.69) is 15.4 Å². The van der Waals surface area contributed by atoms with Gasteiger partial charge in [-0.2, -0.15) is 0 Å². The van der Waals surface area contributed by atoms with Gasteiger partial charge in [-0.15, -0.1) is 13.2 Å². The van der Waals surface area contributed by atoms with Crippen LogP contribution in [0.15, 0.2) is 36.4 Å². The van der Waals surface area contributed by atoms with Crippen LogP contribution in [0.4, 0.5) is 24.5 Å². The lowest BCUT2D eigenvalue weighted by Gasteiger charge is -2.15. The average molecular weight is 391 g/mol. The Labute approximate surface area is 152 Å². The van der Waals surface area contributed by atoms with Crippen molar-refractivity contribution in [1.82, 2.24) is 0 Å². The third kappa shape index (κ3) is 5.68. The van der Waals surface area contributed by atoms with Gasteiger partial charge in [-0.1, -0.05) is 11.6 Å². The molecule has 4 nitrogen and oxygen atoms in total. The molecule has 2 aromatic rings. The van der Waals surface area contributed by atoms with Crippen LogP contribution >= 0.6 is 23.8 Å². The summed E-state index contributed by atoms with van der Waals surface area (Å²) < 4.78 is 45.5. The SMILES string of the molecule is COc1cc(Cl)c(C)cc1NC(=S)Nc1ccc(OC(F)(F)F)cc1. The molecule has 0 saturated heterocycles. The fraction of sp³-hybridized carbons (Fsp3) is 0.188. The van der Waals surface area contributed by atoms with E-state index < -0.39 is 6.36 Å². The summed E-state index contributed by atoms with van der Waals surface area (Å²) in [6.45, 7) is 1.84. The number of ether oxygens (including phenoxy) is 2. The summed E-state index contributed by atoms with van der Waals surface area (Å²) in [4.78, 5) is 0. The van der Waals surface area contributed by atoms with Crippen molar-refractivity contribution < 1.29 is 22.6 Å². The second-order valence-electron chi connectivity index (χ2n) is 4.95. The third-order valence-corrected chi connectivity index (χ3v) is 3.69. The van der Waals surface area contributed by atoms with E-state index in [0.717, 1.165) is 5.56 Å². The minimum absolute atomic E-state index is 0.240. The lowest BCUT2D eigenvalue weighted by atomic mass is 10.2. The quantitative estimate of drug-likeness (QED) is 0.687. The fourth-order valence-corrected chi connectivity index (χ4v) is 2.34. The smallest absolute Gasteiger partial charge is 0.495 e. The van der Waals surface area contributed by atoms with Crippen LogP contribution in [-0.2, 0) is 0 Å². The molecule has 134 valence electrons. The van der Waals surface area contributed by atoms with Crippen molar-refractivity contribution in [3.8, 4) is 11.5 Å². The summed E-state index contributed by atoms with van der Waals surface area (Å²) in [5.74, 6) is 0.195. The van der Waals surface area contributed by atoms with Crippen LogP contribution in [-0.4, -0.2) is 18.6 Å². The maximum atomic E-state index is 12.1. The van der Waals surface area contributed by atoms with Crippen molar-refractivity contribution in [1.29, 1.82) is 0 Å². The average Bonchev–Trinajstić information content (AvgIpc) is 2.51. The van der Waals surface area contributed by atoms with Crippen molar-refractivity contribution in [3.63, 3.8) is 0 Å². The van der Waals surface area contributed by atoms with Crippen LogP contribution in [0.25, 0.3) is 0 Å². The molecule has 0 spiro atoms. The predicted octanol–water partition coefficient (Wildman–Crippen LogP) is 5.36. The highest BCUT2D eigenvalue weighted by atomic mass is 35.5. The van der Waals surface area contributed by atoms with Gasteiger partial charge in [-0.25, -0.2) is 0 Å². The van der Waals surface area contributed by atoms with Gasteiger partial charge in [0.05, 0.1) is 12.8 Å². The minimum atomic E-state index is -4.73.